The molecule has 2 N–H and O–H groups in total. The summed E-state index contributed by atoms with van der Waals surface area (Å²) in [6, 6.07) is 2.57. The Bertz CT molecular complexity index is 1190. The number of hydrogen-bond donors (Lipinski definition) is 2. The summed E-state index contributed by atoms with van der Waals surface area (Å²) in [6.07, 6.45) is 5.85. The van der Waals surface area contributed by atoms with Gasteiger partial charge in [0, 0.05) is 46.0 Å². The molecule has 1 aliphatic carbocycles. The van der Waals surface area contributed by atoms with E-state index in [-0.39, 0.29) is 28.8 Å². The van der Waals surface area contributed by atoms with Crippen LogP contribution in [0.25, 0.3) is 11.3 Å². The molecular weight excluding hydrogens is 499 g/mol. The normalized spacial score (nSPS) is 18.2. The van der Waals surface area contributed by atoms with Crippen LogP contribution in [0.2, 0.25) is 5.02 Å². The molecule has 0 bridgehead atoms. The van der Waals surface area contributed by atoms with Crippen LogP contribution < -0.4 is 10.3 Å². The Morgan fingerprint density at radius 1 is 1.20 bits per heavy atom. The molecule has 2 aromatic rings. The van der Waals surface area contributed by atoms with Gasteiger partial charge in [0.25, 0.3) is 5.91 Å². The number of aromatic nitrogens is 2. The number of aryl methyl sites for hydroxylation is 1. The van der Waals surface area contributed by atoms with Crippen molar-refractivity contribution < 1.29 is 22.4 Å². The highest BCUT2D eigenvalue weighted by Crippen LogP contribution is 2.29. The third-order valence-corrected chi connectivity index (χ3v) is 7.70. The molecule has 3 rings (SSSR count). The Hall–Kier alpha value is -2.70. The van der Waals surface area contributed by atoms with Crippen molar-refractivity contribution in [3.8, 4) is 11.3 Å². The van der Waals surface area contributed by atoms with Gasteiger partial charge in [-0.05, 0) is 43.7 Å². The molecule has 0 aliphatic heterocycles. The van der Waals surface area contributed by atoms with E-state index in [1.54, 1.807) is 50.2 Å². The van der Waals surface area contributed by atoms with E-state index in [9.17, 15) is 22.4 Å². The van der Waals surface area contributed by atoms with E-state index < -0.39 is 27.3 Å². The van der Waals surface area contributed by atoms with Gasteiger partial charge in [0.15, 0.2) is 5.82 Å². The van der Waals surface area contributed by atoms with Crippen LogP contribution in [0.5, 0.6) is 0 Å². The lowest BCUT2D eigenvalue weighted by Crippen LogP contribution is -2.46. The Balaban J connectivity index is 1.58. The molecule has 1 saturated carbocycles. The molecule has 1 fully saturated rings. The first-order chi connectivity index (χ1) is 16.4. The van der Waals surface area contributed by atoms with Crippen LogP contribution in [0.4, 0.5) is 9.18 Å². The summed E-state index contributed by atoms with van der Waals surface area (Å²) in [7, 11) is 3.00. The topological polar surface area (TPSA) is 117 Å². The number of sulfonamides is 1. The molecule has 192 valence electrons. The number of amides is 3. The van der Waals surface area contributed by atoms with Gasteiger partial charge in [-0.2, -0.15) is 0 Å². The van der Waals surface area contributed by atoms with Crippen LogP contribution in [-0.4, -0.2) is 72.6 Å². The van der Waals surface area contributed by atoms with E-state index in [1.807, 2.05) is 0 Å². The average Bonchev–Trinajstić information content (AvgIpc) is 3.24. The molecule has 0 saturated heterocycles. The van der Waals surface area contributed by atoms with Crippen molar-refractivity contribution in [3.63, 3.8) is 0 Å². The first kappa shape index (κ1) is 26.9. The predicted octanol–water partition coefficient (Wildman–Crippen LogP) is 2.62. The molecule has 0 spiro atoms. The number of benzene rings is 1. The SMILES string of the molecule is CN(C)C(=O)N(C)[C@H]1CC[C@@H](CS(=O)(=O)NNC(=O)c2cc(-c3cn(C)cn3)cc(Cl)c2F)CC1. The van der Waals surface area contributed by atoms with E-state index in [1.165, 1.54) is 17.0 Å². The maximum atomic E-state index is 14.5. The summed E-state index contributed by atoms with van der Waals surface area (Å²) in [4.78, 5) is 34.1. The number of urea groups is 1. The third kappa shape index (κ3) is 6.71. The molecule has 13 heteroatoms. The molecule has 0 unspecified atom stereocenters. The van der Waals surface area contributed by atoms with Crippen molar-refractivity contribution in [1.82, 2.24) is 29.6 Å². The third-order valence-electron chi connectivity index (χ3n) is 6.10. The minimum absolute atomic E-state index is 0.0515. The number of imidazole rings is 1. The van der Waals surface area contributed by atoms with Crippen LogP contribution >= 0.6 is 11.6 Å². The van der Waals surface area contributed by atoms with E-state index in [0.717, 1.165) is 0 Å². The largest absolute Gasteiger partial charge is 0.340 e. The summed E-state index contributed by atoms with van der Waals surface area (Å²) in [5.41, 5.74) is 2.57. The maximum absolute atomic E-state index is 14.5. The highest BCUT2D eigenvalue weighted by Gasteiger charge is 2.30. The summed E-state index contributed by atoms with van der Waals surface area (Å²) in [6.45, 7) is 0. The fourth-order valence-corrected chi connectivity index (χ4v) is 5.68. The second kappa shape index (κ2) is 10.9. The minimum atomic E-state index is -3.88. The fraction of sp³-hybridized carbons (Fsp3) is 0.500. The van der Waals surface area contributed by atoms with Gasteiger partial charge in [0.1, 0.15) is 0 Å². The zero-order valence-corrected chi connectivity index (χ0v) is 21.7. The summed E-state index contributed by atoms with van der Waals surface area (Å²) in [5.74, 6) is -2.25. The summed E-state index contributed by atoms with van der Waals surface area (Å²) >= 11 is 5.95. The average molecular weight is 529 g/mol. The van der Waals surface area contributed by atoms with Crippen LogP contribution in [0.1, 0.15) is 36.0 Å². The predicted molar refractivity (Wildman–Crippen MR) is 131 cm³/mol. The van der Waals surface area contributed by atoms with E-state index in [4.69, 9.17) is 11.6 Å². The lowest BCUT2D eigenvalue weighted by atomic mass is 9.86. The first-order valence-corrected chi connectivity index (χ1v) is 13.1. The Labute approximate surface area is 209 Å². The number of carbonyl (C=O) groups excluding carboxylic acids is 2. The molecule has 1 heterocycles. The number of halogens is 2. The van der Waals surface area contributed by atoms with Crippen molar-refractivity contribution in [2.24, 2.45) is 13.0 Å². The van der Waals surface area contributed by atoms with Gasteiger partial charge in [0.2, 0.25) is 10.0 Å². The zero-order chi connectivity index (χ0) is 25.9. The van der Waals surface area contributed by atoms with E-state index in [2.05, 4.69) is 15.2 Å². The quantitative estimate of drug-likeness (QED) is 0.536. The minimum Gasteiger partial charge on any atom is -0.340 e. The second-order valence-electron chi connectivity index (χ2n) is 9.04. The van der Waals surface area contributed by atoms with Gasteiger partial charge >= 0.3 is 6.03 Å². The summed E-state index contributed by atoms with van der Waals surface area (Å²) in [5, 5.41) is -0.282. The molecule has 0 atom stereocenters. The highest BCUT2D eigenvalue weighted by molar-refractivity contribution is 7.89. The number of hydrazine groups is 1. The van der Waals surface area contributed by atoms with Gasteiger partial charge in [-0.25, -0.2) is 22.6 Å². The number of nitrogens with one attached hydrogen (secondary N) is 2. The standard InChI is InChI=1S/C22H30ClFN6O4S/c1-28(2)22(32)30(4)16-7-5-14(6-8-16)12-35(33,34)27-26-21(31)17-9-15(10-18(23)20(17)24)19-11-29(3)13-25-19/h9-11,13-14,16,27H,5-8,12H2,1-4H3,(H,26,31)/t14-,16+. The van der Waals surface area contributed by atoms with Gasteiger partial charge in [0.05, 0.1) is 28.4 Å². The molecule has 3 amide bonds. The maximum Gasteiger partial charge on any atom is 0.319 e. The van der Waals surface area contributed by atoms with Crippen LogP contribution in [0.15, 0.2) is 24.7 Å². The summed E-state index contributed by atoms with van der Waals surface area (Å²) < 4.78 is 41.3. The van der Waals surface area contributed by atoms with Crippen LogP contribution in [0.3, 0.4) is 0 Å². The van der Waals surface area contributed by atoms with Gasteiger partial charge in [-0.3, -0.25) is 10.2 Å². The smallest absolute Gasteiger partial charge is 0.319 e. The van der Waals surface area contributed by atoms with E-state index >= 15 is 0 Å². The van der Waals surface area contributed by atoms with Crippen molar-refractivity contribution in [3.05, 3.63) is 41.1 Å². The highest BCUT2D eigenvalue weighted by atomic mass is 35.5. The molecule has 1 aromatic carbocycles. The number of rotatable bonds is 7. The number of carbonyl (C=O) groups is 2. The van der Waals surface area contributed by atoms with Gasteiger partial charge < -0.3 is 14.4 Å². The number of hydrogen-bond acceptors (Lipinski definition) is 5. The molecule has 10 nitrogen and oxygen atoms in total. The molecule has 0 radical (unpaired) electrons. The molecular formula is C22H30ClFN6O4S. The lowest BCUT2D eigenvalue weighted by molar-refractivity contribution is 0.0941. The van der Waals surface area contributed by atoms with Crippen LogP contribution in [0, 0.1) is 11.7 Å². The molecule has 35 heavy (non-hydrogen) atoms. The Morgan fingerprint density at radius 2 is 1.86 bits per heavy atom. The van der Waals surface area contributed by atoms with Crippen LogP contribution in [-0.2, 0) is 17.1 Å². The fourth-order valence-electron chi connectivity index (χ4n) is 4.18. The number of nitrogens with zero attached hydrogens (tertiary/aromatic N) is 4. The molecule has 1 aromatic heterocycles. The zero-order valence-electron chi connectivity index (χ0n) is 20.1. The van der Waals surface area contributed by atoms with Gasteiger partial charge in [-0.15, -0.1) is 4.83 Å². The van der Waals surface area contributed by atoms with Crippen molar-refractivity contribution in [2.45, 2.75) is 31.7 Å². The lowest BCUT2D eigenvalue weighted by Gasteiger charge is -2.35. The van der Waals surface area contributed by atoms with Crippen molar-refractivity contribution in [2.75, 3.05) is 26.9 Å². The van der Waals surface area contributed by atoms with Crippen molar-refractivity contribution >= 4 is 33.6 Å². The Morgan fingerprint density at radius 3 is 2.43 bits per heavy atom. The van der Waals surface area contributed by atoms with Crippen molar-refractivity contribution in [1.29, 1.82) is 0 Å². The van der Waals surface area contributed by atoms with Gasteiger partial charge in [-0.1, -0.05) is 11.6 Å². The Kier molecular flexibility index (Phi) is 8.39. The monoisotopic (exact) mass is 528 g/mol. The second-order valence-corrected chi connectivity index (χ2v) is 11.2. The van der Waals surface area contributed by atoms with E-state index in [0.29, 0.717) is 36.9 Å². The first-order valence-electron chi connectivity index (χ1n) is 11.1. The molecule has 1 aliphatic rings.